The standard InChI is InChI=1S/C12H21F6NO/c1-9(2)8-19-6-4-3-5-7-20-10(11(13,14)15)12(16,17)18/h9-10,19H,3-8H2,1-2H3. The van der Waals surface area contributed by atoms with Gasteiger partial charge in [-0.15, -0.1) is 0 Å². The quantitative estimate of drug-likeness (QED) is 0.515. The van der Waals surface area contributed by atoms with E-state index >= 15 is 0 Å². The molecule has 0 aliphatic heterocycles. The summed E-state index contributed by atoms with van der Waals surface area (Å²) in [6, 6.07) is 0. The van der Waals surface area contributed by atoms with Gasteiger partial charge in [-0.2, -0.15) is 26.3 Å². The van der Waals surface area contributed by atoms with Crippen LogP contribution in [-0.2, 0) is 4.74 Å². The number of hydrogen-bond donors (Lipinski definition) is 1. The molecule has 122 valence electrons. The fourth-order valence-electron chi connectivity index (χ4n) is 1.50. The minimum Gasteiger partial charge on any atom is -0.361 e. The number of nitrogens with one attached hydrogen (secondary N) is 1. The lowest BCUT2D eigenvalue weighted by Crippen LogP contribution is -2.44. The minimum absolute atomic E-state index is 0.173. The van der Waals surface area contributed by atoms with E-state index in [2.05, 4.69) is 10.1 Å². The molecule has 20 heavy (non-hydrogen) atoms. The van der Waals surface area contributed by atoms with Gasteiger partial charge in [0.05, 0.1) is 0 Å². The number of halogens is 6. The molecule has 2 nitrogen and oxygen atoms in total. The van der Waals surface area contributed by atoms with Gasteiger partial charge in [0.15, 0.2) is 0 Å². The molecular formula is C12H21F6NO. The van der Waals surface area contributed by atoms with E-state index in [0.717, 1.165) is 6.54 Å². The first-order valence-corrected chi connectivity index (χ1v) is 6.51. The van der Waals surface area contributed by atoms with Crippen LogP contribution in [0.4, 0.5) is 26.3 Å². The van der Waals surface area contributed by atoms with Crippen molar-refractivity contribution in [3.8, 4) is 0 Å². The van der Waals surface area contributed by atoms with Crippen molar-refractivity contribution in [3.05, 3.63) is 0 Å². The van der Waals surface area contributed by atoms with Crippen molar-refractivity contribution in [1.29, 1.82) is 0 Å². The summed E-state index contributed by atoms with van der Waals surface area (Å²) in [4.78, 5) is 0. The van der Waals surface area contributed by atoms with E-state index in [0.29, 0.717) is 25.3 Å². The summed E-state index contributed by atoms with van der Waals surface area (Å²) < 4.78 is 76.6. The molecule has 0 aliphatic carbocycles. The van der Waals surface area contributed by atoms with Crippen LogP contribution in [0, 0.1) is 5.92 Å². The zero-order valence-electron chi connectivity index (χ0n) is 11.6. The predicted octanol–water partition coefficient (Wildman–Crippen LogP) is 3.91. The van der Waals surface area contributed by atoms with Crippen LogP contribution in [0.2, 0.25) is 0 Å². The van der Waals surface area contributed by atoms with Crippen LogP contribution in [-0.4, -0.2) is 38.2 Å². The van der Waals surface area contributed by atoms with Crippen LogP contribution in [0.3, 0.4) is 0 Å². The summed E-state index contributed by atoms with van der Waals surface area (Å²) >= 11 is 0. The minimum atomic E-state index is -5.42. The third-order valence-corrected chi connectivity index (χ3v) is 2.43. The van der Waals surface area contributed by atoms with Crippen molar-refractivity contribution < 1.29 is 31.1 Å². The largest absolute Gasteiger partial charge is 0.423 e. The maximum absolute atomic E-state index is 12.1. The highest BCUT2D eigenvalue weighted by atomic mass is 19.4. The normalized spacial score (nSPS) is 13.5. The first-order valence-electron chi connectivity index (χ1n) is 6.51. The zero-order chi connectivity index (χ0) is 15.8. The van der Waals surface area contributed by atoms with Crippen molar-refractivity contribution in [2.24, 2.45) is 5.92 Å². The van der Waals surface area contributed by atoms with Crippen LogP contribution in [0.5, 0.6) is 0 Å². The molecule has 0 bridgehead atoms. The molecular weight excluding hydrogens is 288 g/mol. The molecule has 0 aromatic heterocycles. The molecule has 0 aromatic rings. The van der Waals surface area contributed by atoms with Crippen molar-refractivity contribution in [2.75, 3.05) is 19.7 Å². The molecule has 0 aromatic carbocycles. The lowest BCUT2D eigenvalue weighted by molar-refractivity contribution is -0.321. The molecule has 0 radical (unpaired) electrons. The van der Waals surface area contributed by atoms with Gasteiger partial charge in [-0.1, -0.05) is 13.8 Å². The van der Waals surface area contributed by atoms with E-state index in [4.69, 9.17) is 0 Å². The van der Waals surface area contributed by atoms with Crippen molar-refractivity contribution in [1.82, 2.24) is 5.32 Å². The van der Waals surface area contributed by atoms with Crippen LogP contribution in [0.1, 0.15) is 33.1 Å². The van der Waals surface area contributed by atoms with Gasteiger partial charge in [-0.05, 0) is 38.3 Å². The highest BCUT2D eigenvalue weighted by Gasteiger charge is 2.57. The smallest absolute Gasteiger partial charge is 0.361 e. The molecule has 0 saturated heterocycles. The molecule has 1 N–H and O–H groups in total. The fourth-order valence-corrected chi connectivity index (χ4v) is 1.50. The average molecular weight is 309 g/mol. The average Bonchev–Trinajstić information content (AvgIpc) is 2.22. The van der Waals surface area contributed by atoms with Crippen LogP contribution in [0.15, 0.2) is 0 Å². The Kier molecular flexibility index (Phi) is 8.50. The topological polar surface area (TPSA) is 21.3 Å². The number of unbranched alkanes of at least 4 members (excludes halogenated alkanes) is 2. The Balaban J connectivity index is 3.76. The van der Waals surface area contributed by atoms with E-state index in [1.807, 2.05) is 13.8 Å². The van der Waals surface area contributed by atoms with Gasteiger partial charge in [0.25, 0.3) is 0 Å². The monoisotopic (exact) mass is 309 g/mol. The molecule has 0 unspecified atom stereocenters. The lowest BCUT2D eigenvalue weighted by atomic mass is 10.2. The van der Waals surface area contributed by atoms with E-state index in [-0.39, 0.29) is 6.42 Å². The molecule has 0 aliphatic rings. The summed E-state index contributed by atoms with van der Waals surface area (Å²) in [7, 11) is 0. The van der Waals surface area contributed by atoms with Crippen molar-refractivity contribution in [2.45, 2.75) is 51.6 Å². The Labute approximate surface area is 114 Å². The molecule has 8 heteroatoms. The Morgan fingerprint density at radius 3 is 1.90 bits per heavy atom. The maximum Gasteiger partial charge on any atom is 0.423 e. The van der Waals surface area contributed by atoms with E-state index in [9.17, 15) is 26.3 Å². The molecule has 0 fully saturated rings. The van der Waals surface area contributed by atoms with E-state index < -0.39 is 25.1 Å². The van der Waals surface area contributed by atoms with Crippen molar-refractivity contribution in [3.63, 3.8) is 0 Å². The van der Waals surface area contributed by atoms with Crippen LogP contribution >= 0.6 is 0 Å². The summed E-state index contributed by atoms with van der Waals surface area (Å²) in [5.41, 5.74) is 0. The molecule has 0 atom stereocenters. The first kappa shape index (κ1) is 19.5. The third-order valence-electron chi connectivity index (χ3n) is 2.43. The summed E-state index contributed by atoms with van der Waals surface area (Å²) in [6.45, 7) is 5.05. The number of hydrogen-bond acceptors (Lipinski definition) is 2. The molecule has 0 amide bonds. The Morgan fingerprint density at radius 1 is 0.900 bits per heavy atom. The molecule has 0 heterocycles. The second-order valence-corrected chi connectivity index (χ2v) is 4.99. The fraction of sp³-hybridized carbons (Fsp3) is 1.00. The van der Waals surface area contributed by atoms with Crippen molar-refractivity contribution >= 4 is 0 Å². The molecule has 0 spiro atoms. The number of alkyl halides is 6. The van der Waals surface area contributed by atoms with Gasteiger partial charge in [0.2, 0.25) is 6.10 Å². The highest BCUT2D eigenvalue weighted by Crippen LogP contribution is 2.35. The Bertz CT molecular complexity index is 237. The maximum atomic E-state index is 12.1. The highest BCUT2D eigenvalue weighted by molar-refractivity contribution is 4.75. The summed E-state index contributed by atoms with van der Waals surface area (Å²) in [5.74, 6) is 0.498. The van der Waals surface area contributed by atoms with Gasteiger partial charge in [-0.25, -0.2) is 0 Å². The predicted molar refractivity (Wildman–Crippen MR) is 63.4 cm³/mol. The third kappa shape index (κ3) is 9.41. The number of rotatable bonds is 9. The van der Waals surface area contributed by atoms with Crippen LogP contribution < -0.4 is 5.32 Å². The SMILES string of the molecule is CC(C)CNCCCCCOC(C(F)(F)F)C(F)(F)F. The molecule has 0 saturated carbocycles. The van der Waals surface area contributed by atoms with Gasteiger partial charge in [0.1, 0.15) is 0 Å². The molecule has 0 rings (SSSR count). The van der Waals surface area contributed by atoms with E-state index in [1.54, 1.807) is 0 Å². The number of ether oxygens (including phenoxy) is 1. The van der Waals surface area contributed by atoms with Gasteiger partial charge < -0.3 is 10.1 Å². The Morgan fingerprint density at radius 2 is 1.45 bits per heavy atom. The Hall–Kier alpha value is -0.500. The van der Waals surface area contributed by atoms with Gasteiger partial charge in [0, 0.05) is 6.61 Å². The van der Waals surface area contributed by atoms with Gasteiger partial charge >= 0.3 is 12.4 Å². The second kappa shape index (κ2) is 8.71. The summed E-state index contributed by atoms with van der Waals surface area (Å²) in [6.07, 6.45) is -13.1. The lowest BCUT2D eigenvalue weighted by Gasteiger charge is -2.23. The second-order valence-electron chi connectivity index (χ2n) is 4.99. The van der Waals surface area contributed by atoms with Crippen LogP contribution in [0.25, 0.3) is 0 Å². The van der Waals surface area contributed by atoms with E-state index in [1.165, 1.54) is 0 Å². The first-order chi connectivity index (χ1) is 9.05. The summed E-state index contributed by atoms with van der Waals surface area (Å²) in [5, 5.41) is 3.13. The zero-order valence-corrected chi connectivity index (χ0v) is 11.6. The van der Waals surface area contributed by atoms with Gasteiger partial charge in [-0.3, -0.25) is 0 Å².